The molecule has 2 amide bonds. The van der Waals surface area contributed by atoms with E-state index in [0.717, 1.165) is 16.9 Å². The minimum Gasteiger partial charge on any atom is -0.497 e. The monoisotopic (exact) mass is 394 g/mol. The Hall–Kier alpha value is -3.28. The Morgan fingerprint density at radius 1 is 1.31 bits per heavy atom. The van der Waals surface area contributed by atoms with Gasteiger partial charge in [-0.25, -0.2) is 0 Å². The van der Waals surface area contributed by atoms with Crippen LogP contribution in [0.2, 0.25) is 0 Å². The maximum Gasteiger partial charge on any atom is 0.231 e. The molecule has 3 rings (SSSR count). The molecule has 1 aliphatic heterocycles. The van der Waals surface area contributed by atoms with Gasteiger partial charge in [-0.2, -0.15) is 0 Å². The topological polar surface area (TPSA) is 67.9 Å². The quantitative estimate of drug-likeness (QED) is 0.693. The number of likely N-dealkylation sites (N-methyl/N-ethyl adjacent to an activating group) is 1. The van der Waals surface area contributed by atoms with Crippen LogP contribution in [0.25, 0.3) is 0 Å². The van der Waals surface area contributed by atoms with Crippen molar-refractivity contribution < 1.29 is 19.1 Å². The summed E-state index contributed by atoms with van der Waals surface area (Å²) in [6.45, 7) is 6.93. The first-order valence-corrected chi connectivity index (χ1v) is 9.65. The van der Waals surface area contributed by atoms with E-state index in [9.17, 15) is 9.59 Å². The first kappa shape index (κ1) is 20.5. The lowest BCUT2D eigenvalue weighted by Gasteiger charge is -2.30. The smallest absolute Gasteiger partial charge is 0.231 e. The molecule has 6 nitrogen and oxygen atoms in total. The van der Waals surface area contributed by atoms with Gasteiger partial charge in [-0.05, 0) is 36.8 Å². The molecule has 0 radical (unpaired) electrons. The minimum atomic E-state index is -0.546. The summed E-state index contributed by atoms with van der Waals surface area (Å²) in [5, 5.41) is 2.84. The molecule has 0 saturated heterocycles. The van der Waals surface area contributed by atoms with E-state index in [0.29, 0.717) is 31.1 Å². The van der Waals surface area contributed by atoms with Crippen LogP contribution < -0.4 is 14.8 Å². The summed E-state index contributed by atoms with van der Waals surface area (Å²) >= 11 is 0. The van der Waals surface area contributed by atoms with Crippen molar-refractivity contribution in [3.05, 3.63) is 66.2 Å². The number of rotatable bonds is 8. The van der Waals surface area contributed by atoms with Crippen LogP contribution in [0.1, 0.15) is 30.4 Å². The number of ether oxygens (including phenoxy) is 2. The number of carbonyl (C=O) groups is 2. The summed E-state index contributed by atoms with van der Waals surface area (Å²) in [4.78, 5) is 27.4. The fraction of sp³-hybridized carbons (Fsp3) is 0.304. The second-order valence-corrected chi connectivity index (χ2v) is 6.82. The molecule has 6 heteroatoms. The maximum absolute atomic E-state index is 13.4. The van der Waals surface area contributed by atoms with Crippen molar-refractivity contribution >= 4 is 17.5 Å². The van der Waals surface area contributed by atoms with Gasteiger partial charge in [-0.15, -0.1) is 0 Å². The normalized spacial score (nSPS) is 15.1. The third kappa shape index (κ3) is 4.59. The summed E-state index contributed by atoms with van der Waals surface area (Å²) < 4.78 is 11.0. The van der Waals surface area contributed by atoms with Crippen LogP contribution in [0.15, 0.2) is 55.1 Å². The van der Waals surface area contributed by atoms with Gasteiger partial charge in [-0.1, -0.05) is 30.9 Å². The van der Waals surface area contributed by atoms with Crippen molar-refractivity contribution in [2.24, 2.45) is 0 Å². The van der Waals surface area contributed by atoms with Crippen molar-refractivity contribution in [1.82, 2.24) is 4.90 Å². The molecule has 29 heavy (non-hydrogen) atoms. The highest BCUT2D eigenvalue weighted by Crippen LogP contribution is 2.36. The lowest BCUT2D eigenvalue weighted by atomic mass is 9.89. The third-order valence-electron chi connectivity index (χ3n) is 4.98. The molecule has 0 bridgehead atoms. The highest BCUT2D eigenvalue weighted by Gasteiger charge is 2.33. The van der Waals surface area contributed by atoms with Gasteiger partial charge in [0.25, 0.3) is 0 Å². The number of amides is 2. The predicted molar refractivity (Wildman–Crippen MR) is 112 cm³/mol. The van der Waals surface area contributed by atoms with Gasteiger partial charge in [0, 0.05) is 30.8 Å². The molecular formula is C23H26N2O4. The molecular weight excluding hydrogens is 368 g/mol. The summed E-state index contributed by atoms with van der Waals surface area (Å²) in [5.41, 5.74) is 2.35. The first-order valence-electron chi connectivity index (χ1n) is 9.65. The lowest BCUT2D eigenvalue weighted by molar-refractivity contribution is -0.135. The molecule has 0 aliphatic carbocycles. The van der Waals surface area contributed by atoms with E-state index >= 15 is 0 Å². The van der Waals surface area contributed by atoms with E-state index in [1.165, 1.54) is 0 Å². The fourth-order valence-corrected chi connectivity index (χ4v) is 3.48. The zero-order valence-corrected chi connectivity index (χ0v) is 16.8. The Kier molecular flexibility index (Phi) is 6.54. The average molecular weight is 394 g/mol. The number of benzene rings is 2. The second kappa shape index (κ2) is 9.28. The van der Waals surface area contributed by atoms with E-state index in [1.807, 2.05) is 37.3 Å². The largest absolute Gasteiger partial charge is 0.497 e. The molecule has 0 fully saturated rings. The second-order valence-electron chi connectivity index (χ2n) is 6.82. The van der Waals surface area contributed by atoms with Gasteiger partial charge >= 0.3 is 0 Å². The average Bonchev–Trinajstić information content (AvgIpc) is 2.75. The van der Waals surface area contributed by atoms with E-state index in [-0.39, 0.29) is 18.2 Å². The van der Waals surface area contributed by atoms with E-state index in [4.69, 9.17) is 9.47 Å². The highest BCUT2D eigenvalue weighted by molar-refractivity contribution is 6.01. The van der Waals surface area contributed by atoms with Crippen molar-refractivity contribution in [2.75, 3.05) is 25.6 Å². The molecule has 2 aromatic rings. The van der Waals surface area contributed by atoms with Crippen LogP contribution in [0.3, 0.4) is 0 Å². The molecule has 0 unspecified atom stereocenters. The summed E-state index contributed by atoms with van der Waals surface area (Å²) in [6.07, 6.45) is 1.80. The number of hydrogen-bond acceptors (Lipinski definition) is 4. The van der Waals surface area contributed by atoms with Gasteiger partial charge in [-0.3, -0.25) is 9.59 Å². The molecule has 0 saturated carbocycles. The predicted octanol–water partition coefficient (Wildman–Crippen LogP) is 3.73. The molecule has 1 heterocycles. The third-order valence-corrected chi connectivity index (χ3v) is 4.98. The zero-order valence-electron chi connectivity index (χ0n) is 16.8. The van der Waals surface area contributed by atoms with Crippen LogP contribution in [0.5, 0.6) is 11.5 Å². The Balaban J connectivity index is 1.87. The molecule has 1 aliphatic rings. The number of para-hydroxylation sites is 1. The first-order chi connectivity index (χ1) is 14.1. The van der Waals surface area contributed by atoms with Gasteiger partial charge in [0.1, 0.15) is 18.1 Å². The molecule has 2 aromatic carbocycles. The van der Waals surface area contributed by atoms with Crippen LogP contribution in [-0.4, -0.2) is 37.0 Å². The zero-order chi connectivity index (χ0) is 20.8. The summed E-state index contributed by atoms with van der Waals surface area (Å²) in [7, 11) is 1.58. The maximum atomic E-state index is 13.4. The van der Waals surface area contributed by atoms with E-state index < -0.39 is 5.92 Å². The van der Waals surface area contributed by atoms with Crippen molar-refractivity contribution in [1.29, 1.82) is 0 Å². The molecule has 0 aromatic heterocycles. The van der Waals surface area contributed by atoms with Gasteiger partial charge in [0.05, 0.1) is 13.0 Å². The summed E-state index contributed by atoms with van der Waals surface area (Å²) in [5.74, 6) is 0.586. The molecule has 0 spiro atoms. The molecule has 152 valence electrons. The van der Waals surface area contributed by atoms with Gasteiger partial charge < -0.3 is 19.7 Å². The Morgan fingerprint density at radius 2 is 2.10 bits per heavy atom. The number of nitrogens with zero attached hydrogens (tertiary/aromatic N) is 1. The number of fused-ring (bicyclic) bond motifs is 1. The van der Waals surface area contributed by atoms with Crippen molar-refractivity contribution in [3.63, 3.8) is 0 Å². The fourth-order valence-electron chi connectivity index (χ4n) is 3.48. The Labute approximate surface area is 171 Å². The lowest BCUT2D eigenvalue weighted by Crippen LogP contribution is -2.38. The number of nitrogens with one attached hydrogen (secondary N) is 1. The Morgan fingerprint density at radius 3 is 2.83 bits per heavy atom. The number of carbonyl (C=O) groups excluding carboxylic acids is 2. The highest BCUT2D eigenvalue weighted by atomic mass is 16.5. The van der Waals surface area contributed by atoms with Gasteiger partial charge in [0.15, 0.2) is 0 Å². The Bertz CT molecular complexity index is 910. The SMILES string of the molecule is C=CCOc1ccccc1CN(CC)C(=O)[C@H]1CC(=O)Nc2ccc(OC)cc21. The van der Waals surface area contributed by atoms with Crippen molar-refractivity contribution in [3.8, 4) is 11.5 Å². The standard InChI is InChI=1S/C23H26N2O4/c1-4-12-29-21-9-7-6-8-16(21)15-25(5-2)23(27)19-14-22(26)24-20-11-10-17(28-3)13-18(19)20/h4,6-11,13,19H,1,5,12,14-15H2,2-3H3,(H,24,26)/t19-/m0/s1. The minimum absolute atomic E-state index is 0.0876. The van der Waals surface area contributed by atoms with Crippen molar-refractivity contribution in [2.45, 2.75) is 25.8 Å². The number of hydrogen-bond donors (Lipinski definition) is 1. The van der Waals surface area contributed by atoms with Crippen LogP contribution >= 0.6 is 0 Å². The number of anilines is 1. The van der Waals surface area contributed by atoms with Gasteiger partial charge in [0.2, 0.25) is 11.8 Å². The van der Waals surface area contributed by atoms with E-state index in [1.54, 1.807) is 30.2 Å². The van der Waals surface area contributed by atoms with Crippen LogP contribution in [0, 0.1) is 0 Å². The van der Waals surface area contributed by atoms with E-state index in [2.05, 4.69) is 11.9 Å². The summed E-state index contributed by atoms with van der Waals surface area (Å²) in [6, 6.07) is 13.0. The molecule has 1 atom stereocenters. The van der Waals surface area contributed by atoms with Crippen LogP contribution in [0.4, 0.5) is 5.69 Å². The number of methoxy groups -OCH3 is 1. The van der Waals surface area contributed by atoms with Crippen LogP contribution in [-0.2, 0) is 16.1 Å². The molecule has 1 N–H and O–H groups in total.